The zero-order valence-electron chi connectivity index (χ0n) is 27.4. The van der Waals surface area contributed by atoms with Gasteiger partial charge in [0.15, 0.2) is 5.58 Å². The third kappa shape index (κ3) is 4.14. The Balaban J connectivity index is 1.22. The molecule has 0 bridgehead atoms. The van der Waals surface area contributed by atoms with Gasteiger partial charge in [0.2, 0.25) is 0 Å². The van der Waals surface area contributed by atoms with Crippen LogP contribution in [0.3, 0.4) is 0 Å². The van der Waals surface area contributed by atoms with Crippen LogP contribution in [-0.2, 0) is 5.41 Å². The smallest absolute Gasteiger partial charge is 0.159 e. The van der Waals surface area contributed by atoms with Gasteiger partial charge in [-0.2, -0.15) is 0 Å². The van der Waals surface area contributed by atoms with Crippen molar-refractivity contribution in [1.82, 2.24) is 0 Å². The van der Waals surface area contributed by atoms with E-state index in [9.17, 15) is 0 Å². The molecule has 0 radical (unpaired) electrons. The molecule has 0 fully saturated rings. The van der Waals surface area contributed by atoms with Crippen molar-refractivity contribution in [2.24, 2.45) is 0 Å². The summed E-state index contributed by atoms with van der Waals surface area (Å²) in [6.45, 7) is 4.76. The minimum absolute atomic E-state index is 0.130. The van der Waals surface area contributed by atoms with E-state index in [4.69, 9.17) is 4.42 Å². The molecular weight excluding hydrogens is 595 g/mol. The average molecular weight is 628 g/mol. The predicted molar refractivity (Wildman–Crippen MR) is 206 cm³/mol. The van der Waals surface area contributed by atoms with E-state index < -0.39 is 0 Å². The Morgan fingerprint density at radius 3 is 2.08 bits per heavy atom. The van der Waals surface area contributed by atoms with E-state index in [1.54, 1.807) is 0 Å². The largest absolute Gasteiger partial charge is 0.454 e. The van der Waals surface area contributed by atoms with Crippen LogP contribution in [0, 0.1) is 0 Å². The second-order valence-electron chi connectivity index (χ2n) is 13.7. The monoisotopic (exact) mass is 627 g/mol. The highest BCUT2D eigenvalue weighted by atomic mass is 16.3. The molecule has 49 heavy (non-hydrogen) atoms. The van der Waals surface area contributed by atoms with Crippen LogP contribution in [-0.4, -0.2) is 0 Å². The first kappa shape index (κ1) is 27.9. The van der Waals surface area contributed by atoms with Crippen LogP contribution < -0.4 is 4.90 Å². The van der Waals surface area contributed by atoms with Crippen molar-refractivity contribution in [2.45, 2.75) is 19.3 Å². The van der Waals surface area contributed by atoms with Crippen molar-refractivity contribution in [1.29, 1.82) is 0 Å². The fourth-order valence-corrected chi connectivity index (χ4v) is 8.31. The first-order valence-electron chi connectivity index (χ1n) is 17.0. The summed E-state index contributed by atoms with van der Waals surface area (Å²) in [4.78, 5) is 2.38. The van der Waals surface area contributed by atoms with Gasteiger partial charge >= 0.3 is 0 Å². The van der Waals surface area contributed by atoms with Gasteiger partial charge in [0.25, 0.3) is 0 Å². The Kier molecular flexibility index (Phi) is 5.95. The van der Waals surface area contributed by atoms with E-state index in [1.807, 2.05) is 6.07 Å². The molecule has 1 aliphatic rings. The fraction of sp³-hybridized carbons (Fsp3) is 0.0638. The lowest BCUT2D eigenvalue weighted by molar-refractivity contribution is 0.667. The molecule has 0 saturated heterocycles. The minimum atomic E-state index is -0.130. The van der Waals surface area contributed by atoms with Crippen molar-refractivity contribution in [3.8, 4) is 22.3 Å². The number of fused-ring (bicyclic) bond motifs is 9. The number of para-hydroxylation sites is 3. The Labute approximate surface area is 285 Å². The molecular formula is C47H33NO. The van der Waals surface area contributed by atoms with Crippen LogP contribution in [0.4, 0.5) is 17.1 Å². The van der Waals surface area contributed by atoms with Gasteiger partial charge in [-0.25, -0.2) is 0 Å². The van der Waals surface area contributed by atoms with Crippen LogP contribution in [0.2, 0.25) is 0 Å². The third-order valence-electron chi connectivity index (χ3n) is 10.6. The van der Waals surface area contributed by atoms with Gasteiger partial charge in [0.05, 0.1) is 11.4 Å². The normalized spacial score (nSPS) is 13.3. The van der Waals surface area contributed by atoms with Gasteiger partial charge in [-0.1, -0.05) is 135 Å². The molecule has 232 valence electrons. The molecule has 9 aromatic rings. The van der Waals surface area contributed by atoms with Crippen LogP contribution >= 0.6 is 0 Å². The summed E-state index contributed by atoms with van der Waals surface area (Å²) < 4.78 is 6.66. The first-order chi connectivity index (χ1) is 24.1. The molecule has 0 amide bonds. The number of benzene rings is 8. The second-order valence-corrected chi connectivity index (χ2v) is 13.7. The highest BCUT2D eigenvalue weighted by Crippen LogP contribution is 2.53. The molecule has 2 nitrogen and oxygen atoms in total. The minimum Gasteiger partial charge on any atom is -0.454 e. The van der Waals surface area contributed by atoms with Gasteiger partial charge in [-0.05, 0) is 91.8 Å². The maximum Gasteiger partial charge on any atom is 0.159 e. The van der Waals surface area contributed by atoms with Crippen molar-refractivity contribution < 1.29 is 4.42 Å². The van der Waals surface area contributed by atoms with Crippen molar-refractivity contribution in [3.63, 3.8) is 0 Å². The molecule has 2 heteroatoms. The molecule has 10 rings (SSSR count). The van der Waals surface area contributed by atoms with E-state index in [0.29, 0.717) is 0 Å². The highest BCUT2D eigenvalue weighted by molar-refractivity contribution is 6.11. The number of hydrogen-bond donors (Lipinski definition) is 0. The molecule has 8 aromatic carbocycles. The maximum atomic E-state index is 6.66. The summed E-state index contributed by atoms with van der Waals surface area (Å²) in [5.41, 5.74) is 12.7. The van der Waals surface area contributed by atoms with Crippen molar-refractivity contribution in [3.05, 3.63) is 175 Å². The van der Waals surface area contributed by atoms with E-state index in [2.05, 4.69) is 176 Å². The van der Waals surface area contributed by atoms with Gasteiger partial charge in [0.1, 0.15) is 5.58 Å². The van der Waals surface area contributed by atoms with Gasteiger partial charge in [-0.15, -0.1) is 0 Å². The molecule has 0 spiro atoms. The Hall–Kier alpha value is -6.12. The maximum absolute atomic E-state index is 6.66. The molecule has 0 N–H and O–H groups in total. The summed E-state index contributed by atoms with van der Waals surface area (Å²) in [6, 6.07) is 59.3. The second kappa shape index (κ2) is 10.4. The fourth-order valence-electron chi connectivity index (χ4n) is 8.31. The Morgan fingerprint density at radius 1 is 0.469 bits per heavy atom. The summed E-state index contributed by atoms with van der Waals surface area (Å²) in [7, 11) is 0. The quantitative estimate of drug-likeness (QED) is 0.193. The lowest BCUT2D eigenvalue weighted by atomic mass is 9.80. The van der Waals surface area contributed by atoms with E-state index >= 15 is 0 Å². The lowest BCUT2D eigenvalue weighted by Crippen LogP contribution is -2.15. The predicted octanol–water partition coefficient (Wildman–Crippen LogP) is 13.3. The summed E-state index contributed by atoms with van der Waals surface area (Å²) in [6.07, 6.45) is 0. The number of nitrogens with zero attached hydrogens (tertiary/aromatic N) is 1. The van der Waals surface area contributed by atoms with E-state index in [1.165, 1.54) is 49.4 Å². The molecule has 1 aliphatic carbocycles. The SMILES string of the molecule is CC1(C)c2cc3cc(N(c4ccccc4-c4ccccc4)c4cccc5c4oc4ccccc45)ccc3cc2-c2ccc3ccccc3c21. The lowest BCUT2D eigenvalue weighted by Gasteiger charge is -2.28. The molecule has 1 heterocycles. The van der Waals surface area contributed by atoms with Crippen molar-refractivity contribution in [2.75, 3.05) is 4.90 Å². The summed E-state index contributed by atoms with van der Waals surface area (Å²) in [5.74, 6) is 0. The topological polar surface area (TPSA) is 16.4 Å². The van der Waals surface area contributed by atoms with E-state index in [-0.39, 0.29) is 5.41 Å². The van der Waals surface area contributed by atoms with Crippen LogP contribution in [0.1, 0.15) is 25.0 Å². The zero-order valence-corrected chi connectivity index (χ0v) is 27.4. The number of anilines is 3. The first-order valence-corrected chi connectivity index (χ1v) is 17.0. The number of rotatable bonds is 4. The third-order valence-corrected chi connectivity index (χ3v) is 10.6. The number of furan rings is 1. The standard InChI is InChI=1S/C47H33NO/c1-47(2)41-29-33-27-34(25-23-32(33)28-40(41)38-26-24-31-15-6-7-17-36(31)45(38)47)48(42-20-10-8-16-35(42)30-13-4-3-5-14-30)43-21-12-19-39-37-18-9-11-22-44(37)49-46(39)43/h3-29H,1-2H3. The Bertz CT molecular complexity index is 2750. The van der Waals surface area contributed by atoms with Gasteiger partial charge < -0.3 is 9.32 Å². The highest BCUT2D eigenvalue weighted by Gasteiger charge is 2.37. The number of hydrogen-bond acceptors (Lipinski definition) is 2. The zero-order chi connectivity index (χ0) is 32.7. The van der Waals surface area contributed by atoms with E-state index in [0.717, 1.165) is 44.6 Å². The average Bonchev–Trinajstić information content (AvgIpc) is 3.64. The summed E-state index contributed by atoms with van der Waals surface area (Å²) in [5, 5.41) is 7.33. The van der Waals surface area contributed by atoms with Crippen LogP contribution in [0.5, 0.6) is 0 Å². The molecule has 0 aliphatic heterocycles. The molecule has 1 aromatic heterocycles. The summed E-state index contributed by atoms with van der Waals surface area (Å²) >= 11 is 0. The van der Waals surface area contributed by atoms with Gasteiger partial charge in [-0.3, -0.25) is 0 Å². The van der Waals surface area contributed by atoms with Crippen LogP contribution in [0.15, 0.2) is 168 Å². The molecule has 0 atom stereocenters. The molecule has 0 saturated carbocycles. The Morgan fingerprint density at radius 2 is 1.18 bits per heavy atom. The van der Waals surface area contributed by atoms with Crippen LogP contribution in [0.25, 0.3) is 65.7 Å². The van der Waals surface area contributed by atoms with Crippen molar-refractivity contribution >= 4 is 60.5 Å². The molecule has 0 unspecified atom stereocenters. The van der Waals surface area contributed by atoms with Gasteiger partial charge in [0, 0.05) is 27.4 Å².